The van der Waals surface area contributed by atoms with Crippen LogP contribution in [0.3, 0.4) is 0 Å². The molecule has 0 atom stereocenters. The highest BCUT2D eigenvalue weighted by Crippen LogP contribution is 2.34. The molecule has 3 nitrogen and oxygen atoms in total. The number of fused-ring (bicyclic) bond motifs is 1. The molecule has 1 N–H and O–H groups in total. The number of aryl methyl sites for hydroxylation is 1. The maximum Gasteiger partial charge on any atom is 0.762 e. The van der Waals surface area contributed by atoms with Crippen LogP contribution < -0.4 is 14.4 Å². The SMILES string of the molecule is Cc1cc(-c2ccc(Cl)cc2)cc(-c2ccc(Cl)cc2)[o+]1.Clc1ccc(C2=CC(=CC=C3C=[NH+]c4ccccc43)OC(c3ccc(Cl)cc3)=C2)cc1.FB(F)F.FB(F)F.[F-].[F-]. The molecule has 5 aromatic carbocycles. The van der Waals surface area contributed by atoms with Crippen LogP contribution in [0.1, 0.15) is 22.5 Å². The Bertz CT molecular complexity index is 2460. The lowest BCUT2D eigenvalue weighted by molar-refractivity contribution is -0.342. The monoisotopic (exact) mass is 931 g/mol. The lowest BCUT2D eigenvalue weighted by Crippen LogP contribution is -3.00. The van der Waals surface area contributed by atoms with Crippen LogP contribution in [0.5, 0.6) is 0 Å². The van der Waals surface area contributed by atoms with Crippen molar-refractivity contribution >= 4 is 90.3 Å². The fourth-order valence-electron chi connectivity index (χ4n) is 5.77. The van der Waals surface area contributed by atoms with Crippen LogP contribution in [0.15, 0.2) is 168 Å². The highest BCUT2D eigenvalue weighted by molar-refractivity contribution is 6.33. The normalized spacial score (nSPS) is 13.1. The second-order valence-corrected chi connectivity index (χ2v) is 14.3. The average molecular weight is 933 g/mol. The van der Waals surface area contributed by atoms with E-state index in [1.165, 1.54) is 5.56 Å². The first-order valence-corrected chi connectivity index (χ1v) is 19.3. The van der Waals surface area contributed by atoms with Gasteiger partial charge in [0.1, 0.15) is 11.5 Å². The Morgan fingerprint density at radius 1 is 0.548 bits per heavy atom. The molecule has 0 spiro atoms. The molecular weight excluding hydrogens is 902 g/mol. The van der Waals surface area contributed by atoms with Crippen LogP contribution in [0.4, 0.5) is 31.6 Å². The standard InChI is InChI=1S/C27H17Cl2NO.C18H13Cl2O.2BF3.2FH/c28-22-10-5-18(6-11-22)21-15-24(31-27(16-21)19-7-12-23(29)13-8-19)14-9-20-17-30-26-4-2-1-3-25(20)26;1-12-10-15(13-2-6-16(19)7-3-13)11-18(21-12)14-4-8-17(20)9-5-14;2*2-1(3)4;;/h1-17H;2-11H,1H3;;;2*1H/q;+1;;;;/p-1. The van der Waals surface area contributed by atoms with Crippen molar-refractivity contribution in [2.24, 2.45) is 0 Å². The van der Waals surface area contributed by atoms with E-state index in [1.807, 2.05) is 153 Å². The third-order valence-electron chi connectivity index (χ3n) is 8.39. The Morgan fingerprint density at radius 2 is 1.02 bits per heavy atom. The zero-order chi connectivity index (χ0) is 43.2. The first kappa shape index (κ1) is 50.8. The first-order valence-electron chi connectivity index (χ1n) is 17.8. The number of benzene rings is 5. The summed E-state index contributed by atoms with van der Waals surface area (Å²) < 4.78 is 70.1. The molecule has 0 fully saturated rings. The summed E-state index contributed by atoms with van der Waals surface area (Å²) in [4.78, 5) is 3.30. The van der Waals surface area contributed by atoms with Crippen molar-refractivity contribution in [3.63, 3.8) is 0 Å². The molecule has 0 unspecified atom stereocenters. The van der Waals surface area contributed by atoms with Crippen molar-refractivity contribution in [1.82, 2.24) is 0 Å². The summed E-state index contributed by atoms with van der Waals surface area (Å²) in [6, 6.07) is 43.1. The molecule has 0 aliphatic carbocycles. The molecule has 2 aliphatic heterocycles. The number of hydrogen-bond acceptors (Lipinski definition) is 1. The van der Waals surface area contributed by atoms with Crippen molar-refractivity contribution in [3.05, 3.63) is 206 Å². The predicted octanol–water partition coefficient (Wildman–Crippen LogP) is 8.49. The minimum Gasteiger partial charge on any atom is -1.00 e. The minimum atomic E-state index is -3.67. The molecule has 0 saturated heterocycles. The summed E-state index contributed by atoms with van der Waals surface area (Å²) in [5, 5.41) is 2.84. The Labute approximate surface area is 373 Å². The van der Waals surface area contributed by atoms with Gasteiger partial charge >= 0.3 is 26.6 Å². The third-order valence-corrected chi connectivity index (χ3v) is 9.40. The number of ether oxygens (including phenoxy) is 1. The van der Waals surface area contributed by atoms with E-state index in [0.717, 1.165) is 72.7 Å². The Hall–Kier alpha value is -5.59. The fourth-order valence-corrected chi connectivity index (χ4v) is 6.28. The van der Waals surface area contributed by atoms with E-state index in [4.69, 9.17) is 55.6 Å². The zero-order valence-electron chi connectivity index (χ0n) is 32.1. The van der Waals surface area contributed by atoms with Gasteiger partial charge in [0.25, 0.3) is 0 Å². The highest BCUT2D eigenvalue weighted by atomic mass is 35.5. The average Bonchev–Trinajstić information content (AvgIpc) is 3.64. The maximum atomic E-state index is 9.67. The van der Waals surface area contributed by atoms with E-state index < -0.39 is 15.1 Å². The van der Waals surface area contributed by atoms with Crippen LogP contribution in [-0.4, -0.2) is 21.3 Å². The molecule has 0 radical (unpaired) electrons. The van der Waals surface area contributed by atoms with E-state index in [0.29, 0.717) is 15.1 Å². The van der Waals surface area contributed by atoms with E-state index in [1.54, 1.807) is 0 Å². The van der Waals surface area contributed by atoms with Crippen LogP contribution in [0.2, 0.25) is 20.1 Å². The van der Waals surface area contributed by atoms with E-state index >= 15 is 0 Å². The molecule has 0 saturated carbocycles. The minimum absolute atomic E-state index is 0. The summed E-state index contributed by atoms with van der Waals surface area (Å²) in [7, 11) is -7.33. The molecule has 318 valence electrons. The number of allylic oxidation sites excluding steroid dienone is 6. The van der Waals surface area contributed by atoms with E-state index in [2.05, 4.69) is 23.2 Å². The van der Waals surface area contributed by atoms with Gasteiger partial charge in [0.15, 0.2) is 6.21 Å². The fraction of sp³-hybridized carbons (Fsp3) is 0.0222. The molecule has 8 rings (SSSR count). The van der Waals surface area contributed by atoms with Crippen LogP contribution in [-0.2, 0) is 4.74 Å². The number of rotatable bonds is 5. The van der Waals surface area contributed by atoms with Crippen molar-refractivity contribution in [1.29, 1.82) is 0 Å². The molecule has 6 aromatic rings. The number of nitrogens with one attached hydrogen (secondary N) is 1. The number of para-hydroxylation sites is 1. The van der Waals surface area contributed by atoms with Gasteiger partial charge in [-0.2, -0.15) is 0 Å². The highest BCUT2D eigenvalue weighted by Gasteiger charge is 2.19. The number of hydrogen-bond donors (Lipinski definition) is 1. The summed E-state index contributed by atoms with van der Waals surface area (Å²) in [5.74, 6) is 3.19. The molecule has 2 aliphatic rings. The van der Waals surface area contributed by atoms with Crippen molar-refractivity contribution in [2.75, 3.05) is 0 Å². The summed E-state index contributed by atoms with van der Waals surface area (Å²) >= 11 is 24.0. The molecule has 0 bridgehead atoms. The quantitative estimate of drug-likeness (QED) is 0.107. The van der Waals surface area contributed by atoms with Gasteiger partial charge in [0, 0.05) is 43.4 Å². The van der Waals surface area contributed by atoms with Gasteiger partial charge in [-0.15, -0.1) is 0 Å². The Morgan fingerprint density at radius 3 is 1.55 bits per heavy atom. The van der Waals surface area contributed by atoms with Gasteiger partial charge in [-0.05, 0) is 120 Å². The van der Waals surface area contributed by atoms with Gasteiger partial charge in [0.05, 0.1) is 29.7 Å². The van der Waals surface area contributed by atoms with Crippen LogP contribution in [0, 0.1) is 6.92 Å². The molecule has 3 heterocycles. The van der Waals surface area contributed by atoms with Gasteiger partial charge in [0.2, 0.25) is 5.69 Å². The van der Waals surface area contributed by atoms with Gasteiger partial charge in [-0.25, -0.2) is 9.41 Å². The summed E-state index contributed by atoms with van der Waals surface area (Å²) in [6.07, 6.45) is 10.1. The predicted molar refractivity (Wildman–Crippen MR) is 236 cm³/mol. The maximum absolute atomic E-state index is 9.67. The number of halogens is 12. The Balaban J connectivity index is 0.000000287. The molecular formula is C45H31B2Cl4F8NO2. The van der Waals surface area contributed by atoms with Crippen molar-refractivity contribution in [3.8, 4) is 22.5 Å². The summed E-state index contributed by atoms with van der Waals surface area (Å²) in [5.41, 5.74) is 9.66. The van der Waals surface area contributed by atoms with E-state index in [9.17, 15) is 25.9 Å². The van der Waals surface area contributed by atoms with Gasteiger partial charge in [-0.3, -0.25) is 25.9 Å². The van der Waals surface area contributed by atoms with Gasteiger partial charge < -0.3 is 14.1 Å². The second-order valence-electron chi connectivity index (χ2n) is 12.6. The lowest BCUT2D eigenvalue weighted by Gasteiger charge is -2.18. The smallest absolute Gasteiger partial charge is 0.762 e. The molecule has 1 aromatic heterocycles. The van der Waals surface area contributed by atoms with Crippen molar-refractivity contribution < 1.29 is 49.4 Å². The molecule has 0 amide bonds. The summed E-state index contributed by atoms with van der Waals surface area (Å²) in [6.45, 7) is 1.94. The van der Waals surface area contributed by atoms with E-state index in [-0.39, 0.29) is 9.41 Å². The van der Waals surface area contributed by atoms with Crippen LogP contribution in [0.25, 0.3) is 39.4 Å². The Kier molecular flexibility index (Phi) is 20.3. The topological polar surface area (TPSA) is 34.5 Å². The lowest BCUT2D eigenvalue weighted by atomic mass is 10.00. The second kappa shape index (κ2) is 24.8. The molecule has 62 heavy (non-hydrogen) atoms. The van der Waals surface area contributed by atoms with Crippen molar-refractivity contribution in [2.45, 2.75) is 6.92 Å². The van der Waals surface area contributed by atoms with Crippen LogP contribution >= 0.6 is 46.4 Å². The molecule has 17 heteroatoms. The van der Waals surface area contributed by atoms with Gasteiger partial charge in [-0.1, -0.05) is 82.8 Å². The third kappa shape index (κ3) is 15.7. The first-order chi connectivity index (χ1) is 28.7. The zero-order valence-corrected chi connectivity index (χ0v) is 35.1. The largest absolute Gasteiger partial charge is 1.00 e.